The van der Waals surface area contributed by atoms with Crippen molar-refractivity contribution in [3.05, 3.63) is 28.0 Å². The van der Waals surface area contributed by atoms with Crippen molar-refractivity contribution >= 4 is 28.5 Å². The van der Waals surface area contributed by atoms with Gasteiger partial charge in [0.15, 0.2) is 0 Å². The van der Waals surface area contributed by atoms with Crippen molar-refractivity contribution in [3.63, 3.8) is 0 Å². The first-order valence-corrected chi connectivity index (χ1v) is 9.41. The van der Waals surface area contributed by atoms with Crippen LogP contribution < -0.4 is 9.80 Å². The van der Waals surface area contributed by atoms with E-state index in [0.717, 1.165) is 24.5 Å². The molecule has 2 rings (SSSR count). The van der Waals surface area contributed by atoms with Crippen molar-refractivity contribution in [3.8, 4) is 5.75 Å². The van der Waals surface area contributed by atoms with E-state index < -0.39 is 5.97 Å². The van der Waals surface area contributed by atoms with E-state index in [9.17, 15) is 9.90 Å². The van der Waals surface area contributed by atoms with Crippen LogP contribution in [-0.2, 0) is 11.3 Å². The molecule has 0 atom stereocenters. The lowest BCUT2D eigenvalue weighted by Gasteiger charge is -2.15. The Balaban J connectivity index is 2.31. The summed E-state index contributed by atoms with van der Waals surface area (Å²) in [6, 6.07) is 1.74. The molecule has 0 unspecified atom stereocenters. The molecule has 1 aromatic heterocycles. The molecule has 0 bridgehead atoms. The lowest BCUT2D eigenvalue weighted by atomic mass is 10.1. The lowest BCUT2D eigenvalue weighted by Crippen LogP contribution is -3.11. The number of phenols is 1. The van der Waals surface area contributed by atoms with Crippen molar-refractivity contribution in [2.24, 2.45) is 0 Å². The molecule has 26 heavy (non-hydrogen) atoms. The van der Waals surface area contributed by atoms with Gasteiger partial charge in [0, 0.05) is 0 Å². The van der Waals surface area contributed by atoms with Gasteiger partial charge in [0.1, 0.15) is 42.4 Å². The second-order valence-electron chi connectivity index (χ2n) is 6.83. The Bertz CT molecular complexity index is 782. The highest BCUT2D eigenvalue weighted by Gasteiger charge is 2.25. The van der Waals surface area contributed by atoms with E-state index in [1.54, 1.807) is 13.0 Å². The second-order valence-corrected chi connectivity index (χ2v) is 7.21. The number of aromatic hydroxyl groups is 1. The van der Waals surface area contributed by atoms with Crippen LogP contribution in [0.1, 0.15) is 35.5 Å². The number of rotatable bonds is 8. The van der Waals surface area contributed by atoms with Crippen molar-refractivity contribution in [1.82, 2.24) is 0 Å². The fraction of sp³-hybridized carbons (Fsp3) is 0.526. The second kappa shape index (κ2) is 8.75. The zero-order valence-electron chi connectivity index (χ0n) is 16.2. The van der Waals surface area contributed by atoms with Crippen LogP contribution in [0.3, 0.4) is 0 Å². The Kier molecular flexibility index (Phi) is 6.92. The van der Waals surface area contributed by atoms with Gasteiger partial charge in [-0.2, -0.15) is 0 Å². The van der Waals surface area contributed by atoms with E-state index >= 15 is 0 Å². The Morgan fingerprint density at radius 3 is 2.54 bits per heavy atom. The number of phenolic OH excluding ortho intramolecular Hbond substituents is 1. The van der Waals surface area contributed by atoms with Gasteiger partial charge in [-0.15, -0.1) is 0 Å². The summed E-state index contributed by atoms with van der Waals surface area (Å²) in [7, 11) is 3.96. The normalized spacial score (nSPS) is 11.7. The summed E-state index contributed by atoms with van der Waals surface area (Å²) in [6.07, 6.45) is 0. The van der Waals surface area contributed by atoms with Gasteiger partial charge >= 0.3 is 5.97 Å². The number of furan rings is 1. The SMILES string of the molecule is CC[NH+](CC)CCOC(=O)c1c(C)oc2cc(C[NH+](C)C)c(O)c(Cl)c12. The highest BCUT2D eigenvalue weighted by Crippen LogP contribution is 2.39. The van der Waals surface area contributed by atoms with Gasteiger partial charge < -0.3 is 24.1 Å². The summed E-state index contributed by atoms with van der Waals surface area (Å²) < 4.78 is 11.2. The Morgan fingerprint density at radius 2 is 1.96 bits per heavy atom. The van der Waals surface area contributed by atoms with E-state index in [2.05, 4.69) is 13.8 Å². The van der Waals surface area contributed by atoms with Crippen LogP contribution in [0.15, 0.2) is 10.5 Å². The number of ether oxygens (including phenoxy) is 1. The van der Waals surface area contributed by atoms with Crippen LogP contribution in [0.2, 0.25) is 5.02 Å². The number of halogens is 1. The molecule has 1 aromatic carbocycles. The summed E-state index contributed by atoms with van der Waals surface area (Å²) in [5, 5.41) is 11.0. The number of aryl methyl sites for hydroxylation is 1. The van der Waals surface area contributed by atoms with Gasteiger partial charge in [-0.05, 0) is 26.8 Å². The number of fused-ring (bicyclic) bond motifs is 1. The molecule has 3 N–H and O–H groups in total. The summed E-state index contributed by atoms with van der Waals surface area (Å²) in [5.41, 5.74) is 1.46. The molecule has 0 aliphatic rings. The number of hydrogen-bond acceptors (Lipinski definition) is 4. The van der Waals surface area contributed by atoms with Crippen molar-refractivity contribution in [1.29, 1.82) is 0 Å². The molecule has 2 aromatic rings. The van der Waals surface area contributed by atoms with Crippen LogP contribution >= 0.6 is 11.6 Å². The van der Waals surface area contributed by atoms with Gasteiger partial charge in [-0.1, -0.05) is 11.6 Å². The molecule has 1 heterocycles. The molecule has 0 saturated carbocycles. The molecule has 144 valence electrons. The summed E-state index contributed by atoms with van der Waals surface area (Å²) >= 11 is 6.38. The molecule has 0 amide bonds. The molecule has 0 aliphatic heterocycles. The predicted octanol–water partition coefficient (Wildman–Crippen LogP) is 0.826. The minimum atomic E-state index is -0.472. The third-order valence-corrected chi connectivity index (χ3v) is 4.95. The number of esters is 1. The summed E-state index contributed by atoms with van der Waals surface area (Å²) in [6.45, 7) is 9.55. The first-order chi connectivity index (χ1) is 12.3. The van der Waals surface area contributed by atoms with E-state index in [0.29, 0.717) is 41.0 Å². The van der Waals surface area contributed by atoms with Gasteiger partial charge in [0.05, 0.1) is 43.2 Å². The highest BCUT2D eigenvalue weighted by molar-refractivity contribution is 6.38. The smallest absolute Gasteiger partial charge is 0.342 e. The van der Waals surface area contributed by atoms with E-state index in [4.69, 9.17) is 20.8 Å². The zero-order chi connectivity index (χ0) is 19.4. The number of likely N-dealkylation sites (N-methyl/N-ethyl adjacent to an activating group) is 1. The number of hydrogen-bond donors (Lipinski definition) is 3. The van der Waals surface area contributed by atoms with Crippen molar-refractivity contribution < 1.29 is 28.9 Å². The fourth-order valence-corrected chi connectivity index (χ4v) is 3.41. The van der Waals surface area contributed by atoms with Crippen molar-refractivity contribution in [2.75, 3.05) is 40.3 Å². The molecular formula is C19H29ClN2O4+2. The maximum absolute atomic E-state index is 12.6. The van der Waals surface area contributed by atoms with E-state index in [1.807, 2.05) is 14.1 Å². The molecule has 6 nitrogen and oxygen atoms in total. The lowest BCUT2D eigenvalue weighted by molar-refractivity contribution is -0.896. The standard InChI is InChI=1S/C19H27ClN2O4/c1-6-22(7-2)8-9-25-19(24)15-12(3)26-14-10-13(11-21(4)5)18(23)17(20)16(14)15/h10,23H,6-9,11H2,1-5H3/p+2. The predicted molar refractivity (Wildman–Crippen MR) is 101 cm³/mol. The van der Waals surface area contributed by atoms with Gasteiger partial charge in [-0.25, -0.2) is 4.79 Å². The number of quaternary nitrogens is 2. The first-order valence-electron chi connectivity index (χ1n) is 9.03. The Morgan fingerprint density at radius 1 is 1.31 bits per heavy atom. The third-order valence-electron chi connectivity index (χ3n) is 4.59. The van der Waals surface area contributed by atoms with E-state index in [-0.39, 0.29) is 10.8 Å². The van der Waals surface area contributed by atoms with Crippen LogP contribution in [-0.4, -0.2) is 51.4 Å². The molecule has 0 saturated heterocycles. The molecule has 0 radical (unpaired) electrons. The van der Waals surface area contributed by atoms with Crippen LogP contribution in [0, 0.1) is 6.92 Å². The summed E-state index contributed by atoms with van der Waals surface area (Å²) in [5.74, 6) is -0.0428. The monoisotopic (exact) mass is 384 g/mol. The van der Waals surface area contributed by atoms with Gasteiger partial charge in [-0.3, -0.25) is 0 Å². The average molecular weight is 385 g/mol. The topological polar surface area (TPSA) is 68.5 Å². The molecular weight excluding hydrogens is 356 g/mol. The zero-order valence-corrected chi connectivity index (χ0v) is 16.9. The van der Waals surface area contributed by atoms with Crippen LogP contribution in [0.4, 0.5) is 0 Å². The summed E-state index contributed by atoms with van der Waals surface area (Å²) in [4.78, 5) is 15.1. The highest BCUT2D eigenvalue weighted by atomic mass is 35.5. The number of carbonyl (C=O) groups is 1. The average Bonchev–Trinajstić information content (AvgIpc) is 2.92. The minimum absolute atomic E-state index is 0.0113. The third kappa shape index (κ3) is 4.31. The van der Waals surface area contributed by atoms with Gasteiger partial charge in [0.25, 0.3) is 0 Å². The Hall–Kier alpha value is -1.76. The minimum Gasteiger partial charge on any atom is -0.506 e. The maximum Gasteiger partial charge on any atom is 0.342 e. The first kappa shape index (κ1) is 20.6. The number of carbonyl (C=O) groups excluding carboxylic acids is 1. The fourth-order valence-electron chi connectivity index (χ4n) is 3.10. The number of benzene rings is 1. The van der Waals surface area contributed by atoms with Crippen LogP contribution in [0.5, 0.6) is 5.75 Å². The quantitative estimate of drug-likeness (QED) is 0.590. The number of nitrogens with one attached hydrogen (secondary N) is 2. The molecule has 7 heteroatoms. The van der Waals surface area contributed by atoms with Crippen molar-refractivity contribution in [2.45, 2.75) is 27.3 Å². The molecule has 0 aliphatic carbocycles. The Labute approximate surface area is 159 Å². The maximum atomic E-state index is 12.6. The molecule has 0 spiro atoms. The van der Waals surface area contributed by atoms with Crippen LogP contribution in [0.25, 0.3) is 11.0 Å². The molecule has 0 fully saturated rings. The van der Waals surface area contributed by atoms with Gasteiger partial charge in [0.2, 0.25) is 0 Å². The largest absolute Gasteiger partial charge is 0.506 e. The van der Waals surface area contributed by atoms with E-state index in [1.165, 1.54) is 4.90 Å².